The number of nitrogens with zero attached hydrogens (tertiary/aromatic N) is 2. The predicted molar refractivity (Wildman–Crippen MR) is 137 cm³/mol. The number of hydrogen-bond donors (Lipinski definition) is 0. The van der Waals surface area contributed by atoms with Crippen molar-refractivity contribution in [3.8, 4) is 0 Å². The first-order valence-corrected chi connectivity index (χ1v) is 13.2. The second-order valence-electron chi connectivity index (χ2n) is 8.16. The lowest BCUT2D eigenvalue weighted by Crippen LogP contribution is -2.48. The average molecular weight is 575 g/mol. The molecule has 3 aromatic rings. The van der Waals surface area contributed by atoms with Gasteiger partial charge in [0.25, 0.3) is 5.91 Å². The van der Waals surface area contributed by atoms with E-state index in [0.717, 1.165) is 19.8 Å². The fourth-order valence-corrected chi connectivity index (χ4v) is 5.82. The molecule has 1 aliphatic rings. The first-order valence-electron chi connectivity index (χ1n) is 11.0. The second-order valence-corrected chi connectivity index (χ2v) is 10.9. The monoisotopic (exact) mass is 574 g/mol. The summed E-state index contributed by atoms with van der Waals surface area (Å²) in [6.45, 7) is -0.502. The maximum absolute atomic E-state index is 14.4. The van der Waals surface area contributed by atoms with Crippen molar-refractivity contribution in [3.63, 3.8) is 0 Å². The Hall–Kier alpha value is -2.88. The predicted octanol–water partition coefficient (Wildman–Crippen LogP) is 5.67. The summed E-state index contributed by atoms with van der Waals surface area (Å²) in [7, 11) is -2.05. The van der Waals surface area contributed by atoms with E-state index in [4.69, 9.17) is 13.6 Å². The van der Waals surface area contributed by atoms with Gasteiger partial charge in [0.1, 0.15) is 0 Å². The van der Waals surface area contributed by atoms with Gasteiger partial charge >= 0.3 is 7.82 Å². The lowest BCUT2D eigenvalue weighted by molar-refractivity contribution is -0.486. The Bertz CT molecular complexity index is 1300. The van der Waals surface area contributed by atoms with E-state index in [1.165, 1.54) is 4.90 Å². The van der Waals surface area contributed by atoms with Crippen LogP contribution in [0.3, 0.4) is 0 Å². The number of rotatable bonds is 10. The summed E-state index contributed by atoms with van der Waals surface area (Å²) < 4.78 is 30.2. The lowest BCUT2D eigenvalue weighted by atomic mass is 9.78. The average Bonchev–Trinajstić information content (AvgIpc) is 3.10. The Morgan fingerprint density at radius 3 is 2.22 bits per heavy atom. The Balaban J connectivity index is 2.00. The Kier molecular flexibility index (Phi) is 7.73. The van der Waals surface area contributed by atoms with Gasteiger partial charge in [-0.15, -0.1) is 0 Å². The minimum atomic E-state index is -4.32. The van der Waals surface area contributed by atoms with Crippen LogP contribution in [-0.2, 0) is 35.1 Å². The second kappa shape index (κ2) is 10.6. The lowest BCUT2D eigenvalue weighted by Gasteiger charge is -2.36. The van der Waals surface area contributed by atoms with E-state index in [1.54, 1.807) is 48.5 Å². The van der Waals surface area contributed by atoms with E-state index in [9.17, 15) is 19.5 Å². The molecule has 1 heterocycles. The number of benzene rings is 3. The molecule has 3 aromatic carbocycles. The quantitative estimate of drug-likeness (QED) is 0.174. The Morgan fingerprint density at radius 1 is 1.03 bits per heavy atom. The summed E-state index contributed by atoms with van der Waals surface area (Å²) in [5, 5.41) is 11.9. The summed E-state index contributed by atoms with van der Waals surface area (Å²) in [5.74, 6) is -1.77. The highest BCUT2D eigenvalue weighted by molar-refractivity contribution is 9.10. The van der Waals surface area contributed by atoms with Crippen molar-refractivity contribution in [1.29, 1.82) is 0 Å². The molecular weight excluding hydrogens is 551 g/mol. The minimum Gasteiger partial charge on any atom is -0.305 e. The van der Waals surface area contributed by atoms with Gasteiger partial charge in [-0.1, -0.05) is 76.6 Å². The van der Waals surface area contributed by atoms with Crippen LogP contribution in [0.15, 0.2) is 83.3 Å². The molecule has 0 aromatic heterocycles. The number of carbonyl (C=O) groups excluding carboxylic acids is 1. The summed E-state index contributed by atoms with van der Waals surface area (Å²) in [6, 6.07) is 23.0. The van der Waals surface area contributed by atoms with E-state index >= 15 is 0 Å². The number of fused-ring (bicyclic) bond motifs is 1. The number of carbonyl (C=O) groups is 1. The molecule has 1 amide bonds. The third kappa shape index (κ3) is 4.87. The van der Waals surface area contributed by atoms with E-state index in [2.05, 4.69) is 15.9 Å². The molecule has 2 atom stereocenters. The van der Waals surface area contributed by atoms with E-state index in [0.29, 0.717) is 21.3 Å². The largest absolute Gasteiger partial charge is 0.475 e. The molecule has 0 fully saturated rings. The molecule has 0 radical (unpaired) electrons. The zero-order chi connectivity index (χ0) is 25.9. The smallest absolute Gasteiger partial charge is 0.305 e. The molecule has 9 nitrogen and oxygen atoms in total. The van der Waals surface area contributed by atoms with Crippen molar-refractivity contribution in [2.24, 2.45) is 0 Å². The Labute approximate surface area is 216 Å². The molecule has 0 aliphatic carbocycles. The van der Waals surface area contributed by atoms with E-state index in [1.807, 2.05) is 30.3 Å². The van der Waals surface area contributed by atoms with E-state index < -0.39 is 36.7 Å². The summed E-state index contributed by atoms with van der Waals surface area (Å²) in [6.07, 6.45) is 0. The molecule has 36 heavy (non-hydrogen) atoms. The van der Waals surface area contributed by atoms with Crippen LogP contribution in [0.1, 0.15) is 22.6 Å². The molecule has 188 valence electrons. The summed E-state index contributed by atoms with van der Waals surface area (Å²) in [5.41, 5.74) is 0.0265. The number of phosphoric acid groups is 1. The number of halogens is 1. The number of hydrogen-bond acceptors (Lipinski definition) is 7. The van der Waals surface area contributed by atoms with Gasteiger partial charge in [0.2, 0.25) is 6.54 Å². The molecular formula is C25H24BrN2O7P. The van der Waals surface area contributed by atoms with Crippen LogP contribution in [0, 0.1) is 10.1 Å². The zero-order valence-corrected chi connectivity index (χ0v) is 22.1. The SMILES string of the molecule is COP(=O)(OC)O[C@]1([C@H](C[N+](=O)[O-])c2ccccc2)C(=O)N(Cc2ccccc2)c2ccc(Br)cc21. The first-order chi connectivity index (χ1) is 17.2. The van der Waals surface area contributed by atoms with Crippen LogP contribution in [-0.4, -0.2) is 31.6 Å². The third-order valence-corrected chi connectivity index (χ3v) is 8.02. The molecule has 0 N–H and O–H groups in total. The third-order valence-electron chi connectivity index (χ3n) is 6.12. The number of anilines is 1. The number of amides is 1. The summed E-state index contributed by atoms with van der Waals surface area (Å²) in [4.78, 5) is 27.3. The van der Waals surface area contributed by atoms with Crippen molar-refractivity contribution in [1.82, 2.24) is 0 Å². The molecule has 0 saturated carbocycles. The highest BCUT2D eigenvalue weighted by atomic mass is 79.9. The van der Waals surface area contributed by atoms with Crippen LogP contribution >= 0.6 is 23.8 Å². The van der Waals surface area contributed by atoms with Crippen LogP contribution in [0.25, 0.3) is 0 Å². The number of nitro groups is 1. The molecule has 0 spiro atoms. The molecule has 0 bridgehead atoms. The first kappa shape index (κ1) is 26.2. The van der Waals surface area contributed by atoms with Gasteiger partial charge in [-0.2, -0.15) is 0 Å². The topological polar surface area (TPSA) is 108 Å². The standard InChI is InChI=1S/C25H24BrN2O7P/c1-33-36(32,34-2)35-25(22(17-28(30)31)19-11-7-4-8-12-19)21-15-20(26)13-14-23(21)27(24(25)29)16-18-9-5-3-6-10-18/h3-15,22H,16-17H2,1-2H3/t22-,25-/m1/s1. The van der Waals surface area contributed by atoms with Crippen molar-refractivity contribution >= 4 is 35.3 Å². The molecule has 11 heteroatoms. The normalized spacial score (nSPS) is 18.2. The molecule has 4 rings (SSSR count). The van der Waals surface area contributed by atoms with E-state index in [-0.39, 0.29) is 6.54 Å². The van der Waals surface area contributed by atoms with Crippen molar-refractivity contribution in [2.45, 2.75) is 18.1 Å². The van der Waals surface area contributed by atoms with Crippen LogP contribution in [0.4, 0.5) is 5.69 Å². The van der Waals surface area contributed by atoms with Crippen LogP contribution in [0.2, 0.25) is 0 Å². The fourth-order valence-electron chi connectivity index (χ4n) is 4.51. The van der Waals surface area contributed by atoms with Gasteiger partial charge in [-0.05, 0) is 29.3 Å². The minimum absolute atomic E-state index is 0.170. The molecule has 0 unspecified atom stereocenters. The summed E-state index contributed by atoms with van der Waals surface area (Å²) >= 11 is 3.44. The Morgan fingerprint density at radius 2 is 1.64 bits per heavy atom. The maximum Gasteiger partial charge on any atom is 0.475 e. The highest BCUT2D eigenvalue weighted by Gasteiger charge is 2.62. The van der Waals surface area contributed by atoms with Crippen LogP contribution in [0.5, 0.6) is 0 Å². The van der Waals surface area contributed by atoms with Crippen LogP contribution < -0.4 is 4.90 Å². The molecule has 0 saturated heterocycles. The van der Waals surface area contributed by atoms with Gasteiger partial charge in [0, 0.05) is 29.2 Å². The van der Waals surface area contributed by atoms with Gasteiger partial charge in [0.05, 0.1) is 18.2 Å². The van der Waals surface area contributed by atoms with Crippen molar-refractivity contribution < 1.29 is 27.9 Å². The van der Waals surface area contributed by atoms with Gasteiger partial charge in [-0.3, -0.25) is 28.5 Å². The van der Waals surface area contributed by atoms with Crippen molar-refractivity contribution in [2.75, 3.05) is 25.7 Å². The van der Waals surface area contributed by atoms with Crippen molar-refractivity contribution in [3.05, 3.63) is 110 Å². The number of phosphoric ester groups is 1. The van der Waals surface area contributed by atoms with Gasteiger partial charge in [-0.25, -0.2) is 4.57 Å². The fraction of sp³-hybridized carbons (Fsp3) is 0.240. The maximum atomic E-state index is 14.4. The van der Waals surface area contributed by atoms with Gasteiger partial charge < -0.3 is 4.90 Å². The highest BCUT2D eigenvalue weighted by Crippen LogP contribution is 2.61. The zero-order valence-electron chi connectivity index (χ0n) is 19.6. The van der Waals surface area contributed by atoms with Gasteiger partial charge in [0.15, 0.2) is 5.60 Å². The molecule has 1 aliphatic heterocycles.